The number of nitrogens with one attached hydrogen (secondary N) is 1. The quantitative estimate of drug-likeness (QED) is 0.721. The fourth-order valence-corrected chi connectivity index (χ4v) is 4.02. The van der Waals surface area contributed by atoms with Crippen molar-refractivity contribution >= 4 is 33.3 Å². The number of benzene rings is 1. The molecule has 1 N–H and O–H groups in total. The topological polar surface area (TPSA) is 73.2 Å². The Morgan fingerprint density at radius 1 is 1.33 bits per heavy atom. The van der Waals surface area contributed by atoms with Crippen molar-refractivity contribution in [3.05, 3.63) is 50.8 Å². The van der Waals surface area contributed by atoms with Crippen molar-refractivity contribution in [1.29, 1.82) is 0 Å². The molecule has 0 spiro atoms. The number of hydrogen-bond donors (Lipinski definition) is 1. The van der Waals surface area contributed by atoms with Crippen LogP contribution in [0, 0.1) is 20.8 Å². The highest BCUT2D eigenvalue weighted by molar-refractivity contribution is 7.15. The number of aryl methyl sites for hydroxylation is 3. The molecule has 0 bridgehead atoms. The Morgan fingerprint density at radius 2 is 2.07 bits per heavy atom. The third kappa shape index (κ3) is 3.47. The van der Waals surface area contributed by atoms with Gasteiger partial charge in [0.2, 0.25) is 5.91 Å². The summed E-state index contributed by atoms with van der Waals surface area (Å²) in [5, 5.41) is 4.30. The maximum absolute atomic E-state index is 13.0. The van der Waals surface area contributed by atoms with Gasteiger partial charge in [-0.15, -0.1) is 11.3 Å². The standard InChI is InChI=1S/C20H23N3O3S/c1-6-15(19(25)22-20-21-12(3)13(4)27-20)23-17(24)10-11(2)14-8-7-9-16(26-5)18(14)23/h7-10,15H,6H2,1-5H3,(H,21,22,25). The van der Waals surface area contributed by atoms with Gasteiger partial charge >= 0.3 is 0 Å². The Labute approximate surface area is 161 Å². The summed E-state index contributed by atoms with van der Waals surface area (Å²) in [5.74, 6) is 0.310. The first kappa shape index (κ1) is 19.1. The van der Waals surface area contributed by atoms with E-state index in [1.54, 1.807) is 19.2 Å². The summed E-state index contributed by atoms with van der Waals surface area (Å²) in [6, 6.07) is 6.51. The molecule has 0 saturated carbocycles. The van der Waals surface area contributed by atoms with Crippen LogP contribution in [0.15, 0.2) is 29.1 Å². The molecule has 3 aromatic rings. The third-order valence-corrected chi connectivity index (χ3v) is 5.71. The van der Waals surface area contributed by atoms with Gasteiger partial charge in [-0.2, -0.15) is 0 Å². The lowest BCUT2D eigenvalue weighted by Crippen LogP contribution is -2.33. The number of aromatic nitrogens is 2. The highest BCUT2D eigenvalue weighted by Crippen LogP contribution is 2.30. The normalized spacial score (nSPS) is 12.2. The highest BCUT2D eigenvalue weighted by Gasteiger charge is 2.24. The number of ether oxygens (including phenoxy) is 1. The summed E-state index contributed by atoms with van der Waals surface area (Å²) in [7, 11) is 1.56. The molecule has 0 aliphatic heterocycles. The number of rotatable bonds is 5. The molecule has 0 saturated heterocycles. The molecule has 1 atom stereocenters. The fraction of sp³-hybridized carbons (Fsp3) is 0.350. The van der Waals surface area contributed by atoms with Crippen LogP contribution in [0.5, 0.6) is 5.75 Å². The van der Waals surface area contributed by atoms with Crippen LogP contribution in [-0.2, 0) is 4.79 Å². The second-order valence-corrected chi connectivity index (χ2v) is 7.67. The summed E-state index contributed by atoms with van der Waals surface area (Å²) in [6.45, 7) is 7.64. The SMILES string of the molecule is CCC(C(=O)Nc1nc(C)c(C)s1)n1c(=O)cc(C)c2cccc(OC)c21. The van der Waals surface area contributed by atoms with Crippen molar-refractivity contribution in [2.75, 3.05) is 12.4 Å². The maximum atomic E-state index is 13.0. The molecule has 1 aromatic carbocycles. The summed E-state index contributed by atoms with van der Waals surface area (Å²) in [5.41, 5.74) is 2.16. The van der Waals surface area contributed by atoms with Crippen molar-refractivity contribution in [3.63, 3.8) is 0 Å². The van der Waals surface area contributed by atoms with Gasteiger partial charge < -0.3 is 10.1 Å². The summed E-state index contributed by atoms with van der Waals surface area (Å²) in [4.78, 5) is 31.3. The zero-order valence-electron chi connectivity index (χ0n) is 16.1. The molecule has 142 valence electrons. The van der Waals surface area contributed by atoms with E-state index in [1.807, 2.05) is 39.8 Å². The van der Waals surface area contributed by atoms with Crippen LogP contribution in [0.1, 0.15) is 35.5 Å². The number of fused-ring (bicyclic) bond motifs is 1. The second kappa shape index (κ2) is 7.52. The zero-order valence-corrected chi connectivity index (χ0v) is 16.9. The molecule has 2 aromatic heterocycles. The average molecular weight is 385 g/mol. The highest BCUT2D eigenvalue weighted by atomic mass is 32.1. The van der Waals surface area contributed by atoms with E-state index in [0.29, 0.717) is 22.8 Å². The Bertz CT molecular complexity index is 1050. The number of anilines is 1. The molecule has 1 amide bonds. The van der Waals surface area contributed by atoms with Gasteiger partial charge in [0.1, 0.15) is 11.8 Å². The fourth-order valence-electron chi connectivity index (χ4n) is 3.21. The molecule has 0 aliphatic carbocycles. The minimum Gasteiger partial charge on any atom is -0.495 e. The molecule has 27 heavy (non-hydrogen) atoms. The Kier molecular flexibility index (Phi) is 5.32. The van der Waals surface area contributed by atoms with E-state index in [-0.39, 0.29) is 11.5 Å². The maximum Gasteiger partial charge on any atom is 0.252 e. The number of nitrogens with zero attached hydrogens (tertiary/aromatic N) is 2. The Hall–Kier alpha value is -2.67. The van der Waals surface area contributed by atoms with Crippen molar-refractivity contribution in [2.24, 2.45) is 0 Å². The molecule has 2 heterocycles. The molecular formula is C20H23N3O3S. The lowest BCUT2D eigenvalue weighted by Gasteiger charge is -2.21. The van der Waals surface area contributed by atoms with Crippen LogP contribution < -0.4 is 15.6 Å². The van der Waals surface area contributed by atoms with Crippen molar-refractivity contribution in [3.8, 4) is 5.75 Å². The Morgan fingerprint density at radius 3 is 2.67 bits per heavy atom. The summed E-state index contributed by atoms with van der Waals surface area (Å²) < 4.78 is 7.02. The van der Waals surface area contributed by atoms with E-state index >= 15 is 0 Å². The van der Waals surface area contributed by atoms with Crippen LogP contribution in [0.3, 0.4) is 0 Å². The van der Waals surface area contributed by atoms with Gasteiger partial charge in [-0.25, -0.2) is 4.98 Å². The van der Waals surface area contributed by atoms with E-state index in [0.717, 1.165) is 21.5 Å². The largest absolute Gasteiger partial charge is 0.495 e. The zero-order chi connectivity index (χ0) is 19.7. The van der Waals surface area contributed by atoms with Crippen molar-refractivity contribution in [1.82, 2.24) is 9.55 Å². The monoisotopic (exact) mass is 385 g/mol. The summed E-state index contributed by atoms with van der Waals surface area (Å²) >= 11 is 1.43. The number of thiazole rings is 1. The number of carbonyl (C=O) groups is 1. The van der Waals surface area contributed by atoms with E-state index < -0.39 is 6.04 Å². The predicted octanol–water partition coefficient (Wildman–Crippen LogP) is 3.98. The number of amides is 1. The number of hydrogen-bond acceptors (Lipinski definition) is 5. The number of para-hydroxylation sites is 1. The van der Waals surface area contributed by atoms with Gasteiger partial charge in [-0.1, -0.05) is 19.1 Å². The van der Waals surface area contributed by atoms with Crippen molar-refractivity contribution in [2.45, 2.75) is 40.2 Å². The molecule has 0 radical (unpaired) electrons. The lowest BCUT2D eigenvalue weighted by molar-refractivity contribution is -0.119. The first-order valence-electron chi connectivity index (χ1n) is 8.81. The number of pyridine rings is 1. The van der Waals surface area contributed by atoms with Gasteiger partial charge in [-0.05, 0) is 38.8 Å². The molecule has 6 nitrogen and oxygen atoms in total. The van der Waals surface area contributed by atoms with Crippen LogP contribution in [0.25, 0.3) is 10.9 Å². The minimum atomic E-state index is -0.665. The van der Waals surface area contributed by atoms with E-state index in [1.165, 1.54) is 15.9 Å². The predicted molar refractivity (Wildman–Crippen MR) is 109 cm³/mol. The molecular weight excluding hydrogens is 362 g/mol. The molecule has 1 unspecified atom stereocenters. The van der Waals surface area contributed by atoms with Crippen molar-refractivity contribution < 1.29 is 9.53 Å². The van der Waals surface area contributed by atoms with E-state index in [2.05, 4.69) is 10.3 Å². The van der Waals surface area contributed by atoms with Gasteiger partial charge in [0.05, 0.1) is 18.3 Å². The summed E-state index contributed by atoms with van der Waals surface area (Å²) in [6.07, 6.45) is 0.464. The second-order valence-electron chi connectivity index (χ2n) is 6.47. The molecule has 7 heteroatoms. The third-order valence-electron chi connectivity index (χ3n) is 4.72. The average Bonchev–Trinajstić information content (AvgIpc) is 2.94. The first-order chi connectivity index (χ1) is 12.9. The van der Waals surface area contributed by atoms with Gasteiger partial charge in [-0.3, -0.25) is 14.2 Å². The molecule has 0 fully saturated rings. The van der Waals surface area contributed by atoms with E-state index in [9.17, 15) is 9.59 Å². The molecule has 3 rings (SSSR count). The number of methoxy groups -OCH3 is 1. The van der Waals surface area contributed by atoms with Crippen LogP contribution >= 0.6 is 11.3 Å². The lowest BCUT2D eigenvalue weighted by atomic mass is 10.1. The Balaban J connectivity index is 2.13. The van der Waals surface area contributed by atoms with Gasteiger partial charge in [0.25, 0.3) is 5.56 Å². The number of carbonyl (C=O) groups excluding carboxylic acids is 1. The van der Waals surface area contributed by atoms with Crippen LogP contribution in [0.4, 0.5) is 5.13 Å². The van der Waals surface area contributed by atoms with Crippen LogP contribution in [0.2, 0.25) is 0 Å². The smallest absolute Gasteiger partial charge is 0.252 e. The van der Waals surface area contributed by atoms with Crippen LogP contribution in [-0.4, -0.2) is 22.6 Å². The van der Waals surface area contributed by atoms with Gasteiger partial charge in [0.15, 0.2) is 5.13 Å². The minimum absolute atomic E-state index is 0.224. The van der Waals surface area contributed by atoms with E-state index in [4.69, 9.17) is 4.74 Å². The van der Waals surface area contributed by atoms with Gasteiger partial charge in [0, 0.05) is 16.3 Å². The first-order valence-corrected chi connectivity index (χ1v) is 9.62. The molecule has 0 aliphatic rings.